The van der Waals surface area contributed by atoms with Crippen molar-refractivity contribution in [3.05, 3.63) is 35.4 Å². The number of rotatable bonds is 4. The topological polar surface area (TPSA) is 50.4 Å². The maximum atomic E-state index is 13.1. The fourth-order valence-corrected chi connectivity index (χ4v) is 2.35. The van der Waals surface area contributed by atoms with Crippen LogP contribution in [0.4, 0.5) is 8.78 Å². The largest absolute Gasteiger partial charge is 0.370 e. The number of guanidine groups is 1. The highest BCUT2D eigenvalue weighted by Crippen LogP contribution is 2.37. The smallest absolute Gasteiger partial charge is 0.188 e. The lowest BCUT2D eigenvalue weighted by atomic mass is 9.76. The van der Waals surface area contributed by atoms with Crippen LogP contribution in [0.1, 0.15) is 38.2 Å². The zero-order chi connectivity index (χ0) is 14.7. The molecule has 0 bridgehead atoms. The van der Waals surface area contributed by atoms with Gasteiger partial charge in [0.1, 0.15) is 11.6 Å². The first kappa shape index (κ1) is 14.8. The average molecular weight is 281 g/mol. The van der Waals surface area contributed by atoms with Crippen LogP contribution in [-0.2, 0) is 0 Å². The zero-order valence-electron chi connectivity index (χ0n) is 11.9. The Bertz CT molecular complexity index is 474. The molecule has 5 heteroatoms. The van der Waals surface area contributed by atoms with Gasteiger partial charge in [0.15, 0.2) is 5.96 Å². The van der Waals surface area contributed by atoms with Crippen LogP contribution in [0.3, 0.4) is 0 Å². The Morgan fingerprint density at radius 3 is 2.45 bits per heavy atom. The maximum Gasteiger partial charge on any atom is 0.188 e. The molecular formula is C15H21F2N3. The minimum Gasteiger partial charge on any atom is -0.370 e. The van der Waals surface area contributed by atoms with Crippen LogP contribution in [-0.4, -0.2) is 18.5 Å². The quantitative estimate of drug-likeness (QED) is 0.658. The summed E-state index contributed by atoms with van der Waals surface area (Å²) in [5.41, 5.74) is 6.50. The fraction of sp³-hybridized carbons (Fsp3) is 0.533. The summed E-state index contributed by atoms with van der Waals surface area (Å²) in [7, 11) is 0. The molecule has 1 aliphatic rings. The second-order valence-electron chi connectivity index (χ2n) is 5.83. The van der Waals surface area contributed by atoms with Crippen molar-refractivity contribution in [2.24, 2.45) is 16.6 Å². The predicted octanol–water partition coefficient (Wildman–Crippen LogP) is 2.77. The minimum atomic E-state index is -0.519. The van der Waals surface area contributed by atoms with E-state index in [4.69, 9.17) is 5.73 Å². The Labute approximate surface area is 118 Å². The van der Waals surface area contributed by atoms with Crippen molar-refractivity contribution in [2.45, 2.75) is 38.6 Å². The molecule has 3 nitrogen and oxygen atoms in total. The molecule has 2 rings (SSSR count). The van der Waals surface area contributed by atoms with Gasteiger partial charge in [0.2, 0.25) is 0 Å². The van der Waals surface area contributed by atoms with E-state index < -0.39 is 11.6 Å². The second kappa shape index (κ2) is 6.20. The Hall–Kier alpha value is -1.65. The van der Waals surface area contributed by atoms with Crippen molar-refractivity contribution in [1.82, 2.24) is 5.32 Å². The van der Waals surface area contributed by atoms with E-state index >= 15 is 0 Å². The third-order valence-corrected chi connectivity index (χ3v) is 3.47. The van der Waals surface area contributed by atoms with Gasteiger partial charge >= 0.3 is 0 Å². The molecule has 3 N–H and O–H groups in total. The van der Waals surface area contributed by atoms with Gasteiger partial charge in [-0.1, -0.05) is 13.8 Å². The third kappa shape index (κ3) is 3.92. The highest BCUT2D eigenvalue weighted by Gasteiger charge is 2.31. The van der Waals surface area contributed by atoms with Crippen LogP contribution >= 0.6 is 0 Å². The summed E-state index contributed by atoms with van der Waals surface area (Å²) in [5, 5.41) is 3.14. The molecular weight excluding hydrogens is 260 g/mol. The van der Waals surface area contributed by atoms with Crippen molar-refractivity contribution in [2.75, 3.05) is 6.54 Å². The van der Waals surface area contributed by atoms with Crippen LogP contribution in [0.15, 0.2) is 23.2 Å². The van der Waals surface area contributed by atoms with Crippen LogP contribution in [0.2, 0.25) is 0 Å². The normalized spacial score (nSPS) is 22.8. The van der Waals surface area contributed by atoms with Crippen molar-refractivity contribution < 1.29 is 8.78 Å². The van der Waals surface area contributed by atoms with E-state index in [9.17, 15) is 8.78 Å². The van der Waals surface area contributed by atoms with E-state index in [0.29, 0.717) is 18.4 Å². The van der Waals surface area contributed by atoms with E-state index in [-0.39, 0.29) is 12.0 Å². The van der Waals surface area contributed by atoms with Crippen LogP contribution in [0.25, 0.3) is 0 Å². The summed E-state index contributed by atoms with van der Waals surface area (Å²) >= 11 is 0. The molecule has 20 heavy (non-hydrogen) atoms. The zero-order valence-corrected chi connectivity index (χ0v) is 11.9. The fourth-order valence-electron chi connectivity index (χ4n) is 2.35. The van der Waals surface area contributed by atoms with E-state index in [0.717, 1.165) is 24.5 Å². The molecule has 1 aliphatic carbocycles. The molecule has 0 unspecified atom stereocenters. The Balaban J connectivity index is 1.84. The Morgan fingerprint density at radius 2 is 1.90 bits per heavy atom. The number of benzene rings is 1. The summed E-state index contributed by atoms with van der Waals surface area (Å²) in [6, 6.07) is 3.94. The van der Waals surface area contributed by atoms with Crippen LogP contribution in [0.5, 0.6) is 0 Å². The van der Waals surface area contributed by atoms with Gasteiger partial charge < -0.3 is 11.1 Å². The maximum absolute atomic E-state index is 13.1. The van der Waals surface area contributed by atoms with Crippen LogP contribution in [0, 0.1) is 17.6 Å². The van der Waals surface area contributed by atoms with Gasteiger partial charge in [-0.2, -0.15) is 0 Å². The molecule has 0 saturated heterocycles. The Kier molecular flexibility index (Phi) is 4.57. The molecule has 110 valence electrons. The number of hydrogen-bond donors (Lipinski definition) is 2. The molecule has 1 aromatic rings. The number of nitrogens with two attached hydrogens (primary N) is 1. The second-order valence-corrected chi connectivity index (χ2v) is 5.83. The van der Waals surface area contributed by atoms with Crippen molar-refractivity contribution >= 4 is 5.96 Å². The standard InChI is InChI=1S/C15H21F2N3/c1-9(2)8-19-15(18)20-14-5-11(6-14)10-3-12(16)7-13(17)4-10/h3-4,7,9,11,14H,5-6,8H2,1-2H3,(H3,18,19,20). The molecule has 0 atom stereocenters. The Morgan fingerprint density at radius 1 is 1.30 bits per heavy atom. The van der Waals surface area contributed by atoms with Crippen LogP contribution < -0.4 is 11.1 Å². The summed E-state index contributed by atoms with van der Waals surface area (Å²) < 4.78 is 26.3. The SMILES string of the molecule is CC(C)CN=C(N)NC1CC(c2cc(F)cc(F)c2)C1. The van der Waals surface area contributed by atoms with Gasteiger partial charge in [-0.25, -0.2) is 8.78 Å². The van der Waals surface area contributed by atoms with E-state index in [2.05, 4.69) is 24.2 Å². The molecule has 0 radical (unpaired) electrons. The summed E-state index contributed by atoms with van der Waals surface area (Å²) in [6.45, 7) is 4.85. The molecule has 1 fully saturated rings. The predicted molar refractivity (Wildman–Crippen MR) is 76.6 cm³/mol. The van der Waals surface area contributed by atoms with Gasteiger partial charge in [-0.3, -0.25) is 4.99 Å². The van der Waals surface area contributed by atoms with E-state index in [1.807, 2.05) is 0 Å². The molecule has 0 amide bonds. The lowest BCUT2D eigenvalue weighted by Gasteiger charge is -2.36. The van der Waals surface area contributed by atoms with Gasteiger partial charge in [0.25, 0.3) is 0 Å². The molecule has 1 aromatic carbocycles. The number of halogens is 2. The van der Waals surface area contributed by atoms with Gasteiger partial charge in [-0.05, 0) is 42.4 Å². The first-order chi connectivity index (χ1) is 9.44. The highest BCUT2D eigenvalue weighted by atomic mass is 19.1. The monoisotopic (exact) mass is 281 g/mol. The molecule has 0 aliphatic heterocycles. The molecule has 0 heterocycles. The van der Waals surface area contributed by atoms with Crippen molar-refractivity contribution in [3.63, 3.8) is 0 Å². The first-order valence-electron chi connectivity index (χ1n) is 6.96. The lowest BCUT2D eigenvalue weighted by Crippen LogP contribution is -2.46. The average Bonchev–Trinajstić information content (AvgIpc) is 2.29. The molecule has 0 spiro atoms. The van der Waals surface area contributed by atoms with E-state index in [1.165, 1.54) is 12.1 Å². The van der Waals surface area contributed by atoms with Gasteiger partial charge in [0.05, 0.1) is 0 Å². The first-order valence-corrected chi connectivity index (χ1v) is 6.96. The molecule has 0 aromatic heterocycles. The number of aliphatic imine (C=N–C) groups is 1. The number of nitrogens with one attached hydrogen (secondary N) is 1. The van der Waals surface area contributed by atoms with Crippen molar-refractivity contribution in [3.8, 4) is 0 Å². The summed E-state index contributed by atoms with van der Waals surface area (Å²) in [6.07, 6.45) is 1.64. The number of hydrogen-bond acceptors (Lipinski definition) is 1. The van der Waals surface area contributed by atoms with E-state index in [1.54, 1.807) is 0 Å². The number of nitrogens with zero attached hydrogens (tertiary/aromatic N) is 1. The van der Waals surface area contributed by atoms with Crippen molar-refractivity contribution in [1.29, 1.82) is 0 Å². The summed E-state index contributed by atoms with van der Waals surface area (Å²) in [5.74, 6) is 0.0757. The lowest BCUT2D eigenvalue weighted by molar-refractivity contribution is 0.321. The summed E-state index contributed by atoms with van der Waals surface area (Å²) in [4.78, 5) is 4.23. The molecule has 1 saturated carbocycles. The van der Waals surface area contributed by atoms with Gasteiger partial charge in [0, 0.05) is 18.7 Å². The third-order valence-electron chi connectivity index (χ3n) is 3.47. The highest BCUT2D eigenvalue weighted by molar-refractivity contribution is 5.78. The minimum absolute atomic E-state index is 0.190. The van der Waals surface area contributed by atoms with Gasteiger partial charge in [-0.15, -0.1) is 0 Å².